The number of thioether (sulfide) groups is 1. The van der Waals surface area contributed by atoms with Crippen LogP contribution in [0.5, 0.6) is 5.75 Å². The van der Waals surface area contributed by atoms with E-state index >= 15 is 0 Å². The maximum absolute atomic E-state index is 13.6. The first-order valence-corrected chi connectivity index (χ1v) is 11.4. The van der Waals surface area contributed by atoms with Gasteiger partial charge in [-0.25, -0.2) is 0 Å². The molecule has 0 saturated carbocycles. The predicted octanol–water partition coefficient (Wildman–Crippen LogP) is 5.16. The third-order valence-corrected chi connectivity index (χ3v) is 7.90. The van der Waals surface area contributed by atoms with E-state index < -0.39 is 4.87 Å². The number of methoxy groups -OCH3 is 1. The van der Waals surface area contributed by atoms with Crippen LogP contribution >= 0.6 is 23.4 Å². The van der Waals surface area contributed by atoms with Crippen LogP contribution in [0.15, 0.2) is 78.0 Å². The topological polar surface area (TPSA) is 63.2 Å². The van der Waals surface area contributed by atoms with Crippen molar-refractivity contribution in [2.45, 2.75) is 16.2 Å². The standard InChI is InChI=1S/C24H18ClN3O3S/c1-30-17-12-6-14(7-13-17)20-21-22(27-31-20)28(16-10-8-15(25)9-11-16)24(32-21)18-4-2-3-5-19(18)26-23(24)29/h2-13,20-21H,1H3,(H,26,29). The minimum atomic E-state index is -0.984. The highest BCUT2D eigenvalue weighted by Gasteiger charge is 2.64. The molecule has 1 spiro atoms. The molecule has 0 radical (unpaired) electrons. The number of rotatable bonds is 3. The zero-order chi connectivity index (χ0) is 21.9. The average Bonchev–Trinajstić information content (AvgIpc) is 3.46. The van der Waals surface area contributed by atoms with Crippen LogP contribution in [0.1, 0.15) is 17.2 Å². The maximum Gasteiger partial charge on any atom is 0.266 e. The SMILES string of the molecule is COc1ccc(C2ON=C3C2SC2(C(=O)Nc4ccccc42)N3c2ccc(Cl)cc2)cc1. The summed E-state index contributed by atoms with van der Waals surface area (Å²) in [5.41, 5.74) is 3.53. The Morgan fingerprint density at radius 1 is 1.09 bits per heavy atom. The van der Waals surface area contributed by atoms with Crippen molar-refractivity contribution in [3.05, 3.63) is 88.9 Å². The van der Waals surface area contributed by atoms with Gasteiger partial charge < -0.3 is 14.9 Å². The molecule has 0 aliphatic carbocycles. The number of fused-ring (bicyclic) bond motifs is 3. The predicted molar refractivity (Wildman–Crippen MR) is 126 cm³/mol. The number of carbonyl (C=O) groups excluding carboxylic acids is 1. The quantitative estimate of drug-likeness (QED) is 0.581. The van der Waals surface area contributed by atoms with E-state index in [0.717, 1.165) is 28.3 Å². The van der Waals surface area contributed by atoms with E-state index in [1.807, 2.05) is 77.7 Å². The number of nitrogens with one attached hydrogen (secondary N) is 1. The summed E-state index contributed by atoms with van der Waals surface area (Å²) < 4.78 is 5.29. The molecule has 0 aromatic heterocycles. The number of halogens is 1. The van der Waals surface area contributed by atoms with Crippen LogP contribution in [0.2, 0.25) is 5.02 Å². The van der Waals surface area contributed by atoms with Gasteiger partial charge in [-0.1, -0.05) is 47.1 Å². The van der Waals surface area contributed by atoms with E-state index in [1.165, 1.54) is 0 Å². The number of amides is 1. The molecule has 1 saturated heterocycles. The van der Waals surface area contributed by atoms with Gasteiger partial charge in [0.15, 0.2) is 11.9 Å². The fourth-order valence-corrected chi connectivity index (χ4v) is 6.37. The highest BCUT2D eigenvalue weighted by atomic mass is 35.5. The fraction of sp³-hybridized carbons (Fsp3) is 0.167. The van der Waals surface area contributed by atoms with E-state index in [1.54, 1.807) is 18.9 Å². The molecule has 3 unspecified atom stereocenters. The first-order chi connectivity index (χ1) is 15.6. The smallest absolute Gasteiger partial charge is 0.266 e. The third-order valence-electron chi connectivity index (χ3n) is 6.01. The third kappa shape index (κ3) is 2.68. The van der Waals surface area contributed by atoms with Crippen LogP contribution in [0.3, 0.4) is 0 Å². The van der Waals surface area contributed by atoms with E-state index in [-0.39, 0.29) is 17.3 Å². The number of amidine groups is 1. The molecule has 0 bridgehead atoms. The molecule has 3 heterocycles. The minimum Gasteiger partial charge on any atom is -0.497 e. The van der Waals surface area contributed by atoms with Crippen molar-refractivity contribution in [3.63, 3.8) is 0 Å². The molecule has 1 N–H and O–H groups in total. The first-order valence-electron chi connectivity index (χ1n) is 10.1. The summed E-state index contributed by atoms with van der Waals surface area (Å²) in [5.74, 6) is 1.39. The van der Waals surface area contributed by atoms with Crippen molar-refractivity contribution in [1.29, 1.82) is 0 Å². The number of oxime groups is 1. The molecule has 1 fully saturated rings. The summed E-state index contributed by atoms with van der Waals surface area (Å²) in [7, 11) is 1.64. The van der Waals surface area contributed by atoms with E-state index in [2.05, 4.69) is 10.5 Å². The van der Waals surface area contributed by atoms with Crippen molar-refractivity contribution in [3.8, 4) is 5.75 Å². The minimum absolute atomic E-state index is 0.0933. The number of hydrogen-bond donors (Lipinski definition) is 1. The lowest BCUT2D eigenvalue weighted by Crippen LogP contribution is -2.47. The van der Waals surface area contributed by atoms with Gasteiger partial charge in [0.1, 0.15) is 11.0 Å². The van der Waals surface area contributed by atoms with Gasteiger partial charge in [-0.05, 0) is 48.0 Å². The highest BCUT2D eigenvalue weighted by Crippen LogP contribution is 2.60. The molecule has 3 atom stereocenters. The lowest BCUT2D eigenvalue weighted by Gasteiger charge is -2.33. The van der Waals surface area contributed by atoms with Crippen LogP contribution in [-0.4, -0.2) is 24.1 Å². The summed E-state index contributed by atoms with van der Waals surface area (Å²) in [6, 6.07) is 23.0. The van der Waals surface area contributed by atoms with Gasteiger partial charge in [0.2, 0.25) is 4.87 Å². The summed E-state index contributed by atoms with van der Waals surface area (Å²) in [6.07, 6.45) is -0.323. The van der Waals surface area contributed by atoms with Gasteiger partial charge in [0.05, 0.1) is 7.11 Å². The second-order valence-corrected chi connectivity index (χ2v) is 9.51. The number of nitrogens with zero attached hydrogens (tertiary/aromatic N) is 2. The summed E-state index contributed by atoms with van der Waals surface area (Å²) in [6.45, 7) is 0. The Balaban J connectivity index is 1.49. The Bertz CT molecular complexity index is 1250. The van der Waals surface area contributed by atoms with Gasteiger partial charge in [-0.2, -0.15) is 0 Å². The molecule has 1 amide bonds. The Morgan fingerprint density at radius 3 is 2.59 bits per heavy atom. The molecule has 3 aromatic rings. The molecule has 3 aromatic carbocycles. The Labute approximate surface area is 194 Å². The van der Waals surface area contributed by atoms with Crippen molar-refractivity contribution in [2.75, 3.05) is 17.3 Å². The fourth-order valence-electron chi connectivity index (χ4n) is 4.52. The van der Waals surface area contributed by atoms with E-state index in [9.17, 15) is 4.79 Å². The van der Waals surface area contributed by atoms with Gasteiger partial charge in [-0.3, -0.25) is 9.69 Å². The number of benzene rings is 3. The van der Waals surface area contributed by atoms with Gasteiger partial charge in [0.25, 0.3) is 5.91 Å². The lowest BCUT2D eigenvalue weighted by molar-refractivity contribution is -0.117. The maximum atomic E-state index is 13.6. The second-order valence-electron chi connectivity index (χ2n) is 7.74. The molecular formula is C24H18ClN3O3S. The van der Waals surface area contributed by atoms with Crippen molar-refractivity contribution < 1.29 is 14.4 Å². The van der Waals surface area contributed by atoms with Gasteiger partial charge in [-0.15, -0.1) is 11.8 Å². The monoisotopic (exact) mass is 463 g/mol. The first kappa shape index (κ1) is 19.5. The van der Waals surface area contributed by atoms with Crippen LogP contribution in [0, 0.1) is 0 Å². The highest BCUT2D eigenvalue weighted by molar-refractivity contribution is 8.03. The number of carbonyl (C=O) groups is 1. The van der Waals surface area contributed by atoms with Crippen LogP contribution in [-0.2, 0) is 14.5 Å². The largest absolute Gasteiger partial charge is 0.497 e. The molecule has 3 aliphatic rings. The number of anilines is 2. The van der Waals surface area contributed by atoms with Crippen molar-refractivity contribution >= 4 is 46.5 Å². The van der Waals surface area contributed by atoms with Crippen molar-refractivity contribution in [2.24, 2.45) is 5.16 Å². The summed E-state index contributed by atoms with van der Waals surface area (Å²) in [4.78, 5) is 20.5. The Morgan fingerprint density at radius 2 is 1.84 bits per heavy atom. The number of para-hydroxylation sites is 1. The number of ether oxygens (including phenoxy) is 1. The molecular weight excluding hydrogens is 446 g/mol. The van der Waals surface area contributed by atoms with Crippen LogP contribution in [0.25, 0.3) is 0 Å². The van der Waals surface area contributed by atoms with Crippen molar-refractivity contribution in [1.82, 2.24) is 0 Å². The molecule has 6 nitrogen and oxygen atoms in total. The molecule has 6 rings (SSSR count). The zero-order valence-electron chi connectivity index (χ0n) is 17.0. The van der Waals surface area contributed by atoms with E-state index in [4.69, 9.17) is 21.2 Å². The molecule has 3 aliphatic heterocycles. The average molecular weight is 464 g/mol. The molecule has 32 heavy (non-hydrogen) atoms. The molecule has 8 heteroatoms. The summed E-state index contributed by atoms with van der Waals surface area (Å²) >= 11 is 7.71. The van der Waals surface area contributed by atoms with Crippen LogP contribution in [0.4, 0.5) is 11.4 Å². The second kappa shape index (κ2) is 7.18. The van der Waals surface area contributed by atoms with E-state index in [0.29, 0.717) is 10.9 Å². The summed E-state index contributed by atoms with van der Waals surface area (Å²) in [5, 5.41) is 8.00. The van der Waals surface area contributed by atoms with Gasteiger partial charge in [0, 0.05) is 22.0 Å². The number of hydrogen-bond acceptors (Lipinski definition) is 6. The normalized spacial score (nSPS) is 25.2. The Hall–Kier alpha value is -3.16. The van der Waals surface area contributed by atoms with Crippen LogP contribution < -0.4 is 15.0 Å². The Kier molecular flexibility index (Phi) is 4.38. The molecule has 160 valence electrons. The van der Waals surface area contributed by atoms with Gasteiger partial charge >= 0.3 is 0 Å². The zero-order valence-corrected chi connectivity index (χ0v) is 18.6. The lowest BCUT2D eigenvalue weighted by atomic mass is 10.0.